The van der Waals surface area contributed by atoms with Crippen LogP contribution in [0.15, 0.2) is 67.0 Å². The molecule has 0 spiro atoms. The van der Waals surface area contributed by atoms with Gasteiger partial charge in [0.15, 0.2) is 0 Å². The maximum atomic E-state index is 12.5. The number of benzene rings is 2. The van der Waals surface area contributed by atoms with Gasteiger partial charge in [-0.3, -0.25) is 9.59 Å². The topological polar surface area (TPSA) is 132 Å². The van der Waals surface area contributed by atoms with Crippen molar-refractivity contribution in [3.63, 3.8) is 0 Å². The molecule has 2 aromatic carbocycles. The molecule has 12 heteroatoms. The molecule has 33 heavy (non-hydrogen) atoms. The second kappa shape index (κ2) is 13.0. The van der Waals surface area contributed by atoms with Crippen molar-refractivity contribution in [2.75, 3.05) is 23.7 Å². The van der Waals surface area contributed by atoms with E-state index in [-0.39, 0.29) is 51.1 Å². The number of para-hydroxylation sites is 2. The molecule has 0 saturated heterocycles. The molecule has 0 saturated carbocycles. The summed E-state index contributed by atoms with van der Waals surface area (Å²) < 4.78 is 10.8. The van der Waals surface area contributed by atoms with Crippen LogP contribution in [0.3, 0.4) is 0 Å². The first-order chi connectivity index (χ1) is 15.5. The maximum absolute atomic E-state index is 12.5. The molecule has 175 valence electrons. The van der Waals surface area contributed by atoms with Crippen molar-refractivity contribution in [2.45, 2.75) is 6.42 Å². The zero-order chi connectivity index (χ0) is 23.1. The zero-order valence-corrected chi connectivity index (χ0v) is 22.2. The van der Waals surface area contributed by atoms with Crippen LogP contribution < -0.4 is 21.5 Å². The van der Waals surface area contributed by atoms with E-state index in [1.807, 2.05) is 0 Å². The number of rotatable bonds is 6. The fourth-order valence-electron chi connectivity index (χ4n) is 3.12. The molecule has 0 bridgehead atoms. The minimum Gasteiger partial charge on any atom is -0.666 e. The van der Waals surface area contributed by atoms with Crippen LogP contribution in [0.2, 0.25) is 0 Å². The summed E-state index contributed by atoms with van der Waals surface area (Å²) in [4.78, 5) is 25.0. The van der Waals surface area contributed by atoms with Crippen molar-refractivity contribution in [3.8, 4) is 0 Å². The second-order valence-electron chi connectivity index (χ2n) is 6.54. The minimum atomic E-state index is -0.826. The number of nitrogens with one attached hydrogen (secondary N) is 4. The molecule has 4 aromatic rings. The molecule has 0 amide bonds. The van der Waals surface area contributed by atoms with Gasteiger partial charge in [0.1, 0.15) is 22.5 Å². The van der Waals surface area contributed by atoms with Crippen molar-refractivity contribution in [3.05, 3.63) is 80.4 Å². The predicted molar refractivity (Wildman–Crippen MR) is 132 cm³/mol. The van der Waals surface area contributed by atoms with Gasteiger partial charge < -0.3 is 30.9 Å². The predicted octanol–water partition coefficient (Wildman–Crippen LogP) is 6.18. The van der Waals surface area contributed by atoms with Gasteiger partial charge in [0, 0.05) is 24.9 Å². The molecule has 0 aliphatic carbocycles. The Hall–Kier alpha value is -2.04. The van der Waals surface area contributed by atoms with Crippen LogP contribution in [0.5, 0.6) is 0 Å². The first kappa shape index (κ1) is 27.2. The van der Waals surface area contributed by atoms with Gasteiger partial charge in [0.25, 0.3) is 0 Å². The normalized spacial score (nSPS) is 10.2. The van der Waals surface area contributed by atoms with Crippen LogP contribution in [0.25, 0.3) is 33.4 Å². The Labute approximate surface area is 217 Å². The monoisotopic (exact) mass is 643 g/mol. The molecular weight excluding hydrogens is 625 g/mol. The Morgan fingerprint density at radius 3 is 1.52 bits per heavy atom. The summed E-state index contributed by atoms with van der Waals surface area (Å²) in [5, 5.41) is 6.70. The van der Waals surface area contributed by atoms with Crippen LogP contribution in [-0.4, -0.2) is 32.0 Å². The summed E-state index contributed by atoms with van der Waals surface area (Å²) in [6, 6.07) is 13.6. The summed E-state index contributed by atoms with van der Waals surface area (Å²) in [6.07, 6.45) is 0.539. The molecular formula is C21H18Cl2CuN4O4Sn. The Kier molecular flexibility index (Phi) is 10.7. The van der Waals surface area contributed by atoms with Crippen LogP contribution in [-0.2, 0) is 17.1 Å². The summed E-state index contributed by atoms with van der Waals surface area (Å²) in [6.45, 7) is 0.766. The van der Waals surface area contributed by atoms with E-state index < -0.39 is 18.9 Å². The van der Waals surface area contributed by atoms with E-state index in [0.717, 1.165) is 0 Å². The molecule has 4 rings (SSSR count). The Bertz CT molecular complexity index is 1250. The summed E-state index contributed by atoms with van der Waals surface area (Å²) in [7, 11) is 9.87. The molecule has 0 aliphatic rings. The van der Waals surface area contributed by atoms with Crippen molar-refractivity contribution < 1.29 is 25.9 Å². The summed E-state index contributed by atoms with van der Waals surface area (Å²) >= 11 is -0.826. The Morgan fingerprint density at radius 2 is 1.12 bits per heavy atom. The summed E-state index contributed by atoms with van der Waals surface area (Å²) in [5.74, 6) is -0.435. The van der Waals surface area contributed by atoms with E-state index >= 15 is 0 Å². The standard InChI is InChI=1S/C21H20N4O4.2ClH.Cu.Sn/c22-20-16(18(26)12-6-1-3-8-14(12)28-20)24-10-5-11-25-17-19(27)13-7-2-4-9-15(13)29-21(17)23;;;;/h1-4,6-9,24-25H,5,10-11H2,(H4,22,23,26,27);2*1H;;/q;;;2*+2/p-4. The molecule has 2 aromatic heterocycles. The van der Waals surface area contributed by atoms with Crippen molar-refractivity contribution in [1.82, 2.24) is 0 Å². The largest absolute Gasteiger partial charge is 2.00 e. The van der Waals surface area contributed by atoms with E-state index in [2.05, 4.69) is 10.6 Å². The van der Waals surface area contributed by atoms with Crippen molar-refractivity contribution in [2.24, 2.45) is 0 Å². The third-order valence-corrected chi connectivity index (χ3v) is 4.55. The van der Waals surface area contributed by atoms with Gasteiger partial charge in [0.05, 0.1) is 10.8 Å². The third kappa shape index (κ3) is 6.51. The van der Waals surface area contributed by atoms with E-state index in [4.69, 9.17) is 38.1 Å². The number of fused-ring (bicyclic) bond motifs is 2. The van der Waals surface area contributed by atoms with Gasteiger partial charge in [-0.1, -0.05) is 24.3 Å². The average Bonchev–Trinajstić information content (AvgIpc) is 2.78. The average molecular weight is 644 g/mol. The van der Waals surface area contributed by atoms with E-state index in [1.54, 1.807) is 48.5 Å². The van der Waals surface area contributed by atoms with Gasteiger partial charge in [-0.15, -0.1) is 0 Å². The second-order valence-corrected chi connectivity index (χ2v) is 10.8. The first-order valence-electron chi connectivity index (χ1n) is 9.46. The van der Waals surface area contributed by atoms with Crippen molar-refractivity contribution in [1.29, 1.82) is 0 Å². The zero-order valence-electron chi connectivity index (χ0n) is 16.9. The molecule has 0 fully saturated rings. The van der Waals surface area contributed by atoms with Gasteiger partial charge in [-0.2, -0.15) is 0 Å². The van der Waals surface area contributed by atoms with E-state index in [0.29, 0.717) is 41.4 Å². The van der Waals surface area contributed by atoms with Crippen LogP contribution in [0.4, 0.5) is 23.1 Å². The fraction of sp³-hybridized carbons (Fsp3) is 0.143. The van der Waals surface area contributed by atoms with Crippen LogP contribution in [0.1, 0.15) is 6.42 Å². The molecule has 0 unspecified atom stereocenters. The Morgan fingerprint density at radius 1 is 0.758 bits per heavy atom. The molecule has 2 heterocycles. The number of anilines is 2. The smallest absolute Gasteiger partial charge is 0.666 e. The molecule has 4 N–H and O–H groups in total. The Balaban J connectivity index is 0.000000914. The molecule has 0 aliphatic heterocycles. The third-order valence-electron chi connectivity index (χ3n) is 4.55. The minimum absolute atomic E-state index is 0. The fourth-order valence-corrected chi connectivity index (χ4v) is 3.12. The van der Waals surface area contributed by atoms with Gasteiger partial charge in [0.2, 0.25) is 10.9 Å². The SMILES string of the molecule is [Cl][Sn][Cl].[Cu+2].[NH-]c1oc2ccccc2c(=O)c1NCCCNc1c([NH-])oc2ccccc2c1=O. The van der Waals surface area contributed by atoms with Crippen molar-refractivity contribution >= 4 is 81.8 Å². The molecule has 8 nitrogen and oxygen atoms in total. The number of hydrogen-bond donors (Lipinski definition) is 2. The number of halogens is 2. The summed E-state index contributed by atoms with van der Waals surface area (Å²) in [5.41, 5.74) is 16.2. The molecule has 3 radical (unpaired) electrons. The first-order valence-corrected chi connectivity index (χ1v) is 16.7. The van der Waals surface area contributed by atoms with Crippen LogP contribution >= 0.6 is 17.8 Å². The van der Waals surface area contributed by atoms with E-state index in [9.17, 15) is 9.59 Å². The maximum Gasteiger partial charge on any atom is 2.00 e. The van der Waals surface area contributed by atoms with Gasteiger partial charge in [-0.05, 0) is 30.7 Å². The van der Waals surface area contributed by atoms with Gasteiger partial charge in [-0.25, -0.2) is 0 Å². The van der Waals surface area contributed by atoms with E-state index in [1.165, 1.54) is 0 Å². The number of hydrogen-bond acceptors (Lipinski definition) is 6. The van der Waals surface area contributed by atoms with Gasteiger partial charge >= 0.3 is 53.8 Å². The quantitative estimate of drug-likeness (QED) is 0.191. The van der Waals surface area contributed by atoms with Crippen LogP contribution in [0, 0.1) is 0 Å². The molecule has 0 atom stereocenters.